The van der Waals surface area contributed by atoms with E-state index < -0.39 is 10.0 Å². The average Bonchev–Trinajstić information content (AvgIpc) is 2.58. The highest BCUT2D eigenvalue weighted by Crippen LogP contribution is 2.18. The highest BCUT2D eigenvalue weighted by atomic mass is 32.2. The maximum Gasteiger partial charge on any atom is 0.253 e. The maximum atomic E-state index is 12.7. The van der Waals surface area contributed by atoms with Gasteiger partial charge in [0.15, 0.2) is 0 Å². The Labute approximate surface area is 146 Å². The van der Waals surface area contributed by atoms with E-state index in [-0.39, 0.29) is 10.8 Å². The molecular formula is C18H30N2O3S. The van der Waals surface area contributed by atoms with Crippen molar-refractivity contribution in [2.45, 2.75) is 51.3 Å². The van der Waals surface area contributed by atoms with E-state index in [9.17, 15) is 13.2 Å². The quantitative estimate of drug-likeness (QED) is 0.647. The monoisotopic (exact) mass is 354 g/mol. The molecule has 0 aliphatic heterocycles. The van der Waals surface area contributed by atoms with E-state index in [1.54, 1.807) is 30.1 Å². The topological polar surface area (TPSA) is 57.7 Å². The highest BCUT2D eigenvalue weighted by Gasteiger charge is 2.22. The number of unbranched alkanes of at least 4 members (excludes halogenated alkanes) is 1. The van der Waals surface area contributed by atoms with Crippen molar-refractivity contribution in [3.8, 4) is 0 Å². The minimum Gasteiger partial charge on any atom is -0.339 e. The van der Waals surface area contributed by atoms with Crippen LogP contribution in [-0.2, 0) is 10.0 Å². The third kappa shape index (κ3) is 5.31. The molecule has 0 aliphatic rings. The summed E-state index contributed by atoms with van der Waals surface area (Å²) < 4.78 is 26.6. The first kappa shape index (κ1) is 20.6. The van der Waals surface area contributed by atoms with Crippen LogP contribution < -0.4 is 0 Å². The summed E-state index contributed by atoms with van der Waals surface area (Å²) in [5.41, 5.74) is 0.432. The van der Waals surface area contributed by atoms with Crippen LogP contribution >= 0.6 is 0 Å². The van der Waals surface area contributed by atoms with Gasteiger partial charge in [-0.1, -0.05) is 33.3 Å². The number of nitrogens with zero attached hydrogens (tertiary/aromatic N) is 2. The smallest absolute Gasteiger partial charge is 0.253 e. The molecule has 0 aliphatic carbocycles. The number of carbonyl (C=O) groups is 1. The predicted molar refractivity (Wildman–Crippen MR) is 97.7 cm³/mol. The molecule has 0 bridgehead atoms. The molecule has 0 fully saturated rings. The molecule has 136 valence electrons. The summed E-state index contributed by atoms with van der Waals surface area (Å²) in [5, 5.41) is 0. The largest absolute Gasteiger partial charge is 0.339 e. The molecule has 5 nitrogen and oxygen atoms in total. The van der Waals surface area contributed by atoms with E-state index in [4.69, 9.17) is 0 Å². The maximum absolute atomic E-state index is 12.7. The van der Waals surface area contributed by atoms with Gasteiger partial charge in [-0.05, 0) is 37.5 Å². The van der Waals surface area contributed by atoms with Gasteiger partial charge in [0.25, 0.3) is 5.91 Å². The Balaban J connectivity index is 3.06. The third-order valence-electron chi connectivity index (χ3n) is 3.89. The zero-order valence-electron chi connectivity index (χ0n) is 15.3. The second-order valence-electron chi connectivity index (χ2n) is 6.00. The summed E-state index contributed by atoms with van der Waals surface area (Å²) in [6.45, 7) is 7.92. The van der Waals surface area contributed by atoms with Crippen molar-refractivity contribution in [2.24, 2.45) is 0 Å². The van der Waals surface area contributed by atoms with Crippen LogP contribution in [0.3, 0.4) is 0 Å². The van der Waals surface area contributed by atoms with Crippen LogP contribution in [0.5, 0.6) is 0 Å². The van der Waals surface area contributed by atoms with Crippen LogP contribution in [0.25, 0.3) is 0 Å². The Morgan fingerprint density at radius 1 is 1.00 bits per heavy atom. The normalized spacial score (nSPS) is 11.7. The van der Waals surface area contributed by atoms with Gasteiger partial charge >= 0.3 is 0 Å². The summed E-state index contributed by atoms with van der Waals surface area (Å²) in [5.74, 6) is -0.105. The number of hydrogen-bond donors (Lipinski definition) is 0. The minimum absolute atomic E-state index is 0.105. The average molecular weight is 355 g/mol. The van der Waals surface area contributed by atoms with Crippen molar-refractivity contribution in [1.82, 2.24) is 9.21 Å². The fraction of sp³-hybridized carbons (Fsp3) is 0.611. The first-order valence-electron chi connectivity index (χ1n) is 8.74. The molecule has 0 radical (unpaired) electrons. The molecule has 1 aromatic rings. The van der Waals surface area contributed by atoms with Gasteiger partial charge in [0, 0.05) is 32.2 Å². The van der Waals surface area contributed by atoms with E-state index in [2.05, 4.69) is 0 Å². The van der Waals surface area contributed by atoms with Crippen LogP contribution in [0.1, 0.15) is 56.8 Å². The first-order chi connectivity index (χ1) is 11.4. The van der Waals surface area contributed by atoms with E-state index in [1.165, 1.54) is 10.4 Å². The molecule has 1 rings (SSSR count). The van der Waals surface area contributed by atoms with Crippen LogP contribution in [0.15, 0.2) is 29.2 Å². The third-order valence-corrected chi connectivity index (χ3v) is 5.74. The van der Waals surface area contributed by atoms with Crippen molar-refractivity contribution < 1.29 is 13.2 Å². The van der Waals surface area contributed by atoms with Crippen LogP contribution in [0, 0.1) is 0 Å². The Morgan fingerprint density at radius 3 is 2.17 bits per heavy atom. The van der Waals surface area contributed by atoms with Crippen molar-refractivity contribution in [3.63, 3.8) is 0 Å². The van der Waals surface area contributed by atoms with E-state index in [0.717, 1.165) is 25.7 Å². The van der Waals surface area contributed by atoms with Crippen molar-refractivity contribution in [2.75, 3.05) is 26.7 Å². The lowest BCUT2D eigenvalue weighted by atomic mass is 10.2. The Bertz CT molecular complexity index is 623. The van der Waals surface area contributed by atoms with Gasteiger partial charge in [0.1, 0.15) is 0 Å². The zero-order chi connectivity index (χ0) is 18.2. The fourth-order valence-electron chi connectivity index (χ4n) is 2.51. The van der Waals surface area contributed by atoms with Crippen molar-refractivity contribution >= 4 is 15.9 Å². The number of amides is 1. The molecule has 6 heteroatoms. The number of benzene rings is 1. The first-order valence-corrected chi connectivity index (χ1v) is 10.2. The lowest BCUT2D eigenvalue weighted by Gasteiger charge is -2.22. The van der Waals surface area contributed by atoms with E-state index >= 15 is 0 Å². The minimum atomic E-state index is -3.55. The zero-order valence-corrected chi connectivity index (χ0v) is 16.1. The molecule has 0 atom stereocenters. The lowest BCUT2D eigenvalue weighted by Crippen LogP contribution is -2.33. The van der Waals surface area contributed by atoms with Gasteiger partial charge in [-0.2, -0.15) is 0 Å². The molecule has 24 heavy (non-hydrogen) atoms. The SMILES string of the molecule is CCCCN(C)S(=O)(=O)c1cccc(C(=O)N(CCC)CCC)c1. The molecule has 0 aromatic heterocycles. The fourth-order valence-corrected chi connectivity index (χ4v) is 3.76. The Morgan fingerprint density at radius 2 is 1.62 bits per heavy atom. The molecule has 0 saturated carbocycles. The number of hydrogen-bond acceptors (Lipinski definition) is 3. The summed E-state index contributed by atoms with van der Waals surface area (Å²) in [6, 6.07) is 6.38. The van der Waals surface area contributed by atoms with E-state index in [0.29, 0.717) is 25.2 Å². The standard InChI is InChI=1S/C18H30N2O3S/c1-5-8-14-19(4)24(22,23)17-11-9-10-16(15-17)18(21)20(12-6-2)13-7-3/h9-11,15H,5-8,12-14H2,1-4H3. The predicted octanol–water partition coefficient (Wildman–Crippen LogP) is 3.37. The van der Waals surface area contributed by atoms with Gasteiger partial charge < -0.3 is 4.90 Å². The van der Waals surface area contributed by atoms with Gasteiger partial charge in [0.2, 0.25) is 10.0 Å². The van der Waals surface area contributed by atoms with Gasteiger partial charge in [-0.3, -0.25) is 4.79 Å². The molecule has 0 spiro atoms. The second kappa shape index (κ2) is 9.79. The summed E-state index contributed by atoms with van der Waals surface area (Å²) in [6.07, 6.45) is 3.50. The number of rotatable bonds is 10. The van der Waals surface area contributed by atoms with Gasteiger partial charge in [0.05, 0.1) is 4.90 Å². The summed E-state index contributed by atoms with van der Waals surface area (Å²) in [4.78, 5) is 14.6. The summed E-state index contributed by atoms with van der Waals surface area (Å²) >= 11 is 0. The molecule has 0 N–H and O–H groups in total. The molecule has 1 aromatic carbocycles. The van der Waals surface area contributed by atoms with Gasteiger partial charge in [-0.25, -0.2) is 12.7 Å². The lowest BCUT2D eigenvalue weighted by molar-refractivity contribution is 0.0755. The van der Waals surface area contributed by atoms with Crippen LogP contribution in [0.4, 0.5) is 0 Å². The molecular weight excluding hydrogens is 324 g/mol. The molecule has 0 heterocycles. The van der Waals surface area contributed by atoms with Crippen LogP contribution in [0.2, 0.25) is 0 Å². The Kier molecular flexibility index (Phi) is 8.42. The molecule has 0 saturated heterocycles. The second-order valence-corrected chi connectivity index (χ2v) is 8.05. The van der Waals surface area contributed by atoms with Crippen LogP contribution in [-0.4, -0.2) is 50.2 Å². The summed E-state index contributed by atoms with van der Waals surface area (Å²) in [7, 11) is -1.97. The number of carbonyl (C=O) groups excluding carboxylic acids is 1. The van der Waals surface area contributed by atoms with Crippen molar-refractivity contribution in [1.29, 1.82) is 0 Å². The van der Waals surface area contributed by atoms with Crippen molar-refractivity contribution in [3.05, 3.63) is 29.8 Å². The van der Waals surface area contributed by atoms with Gasteiger partial charge in [-0.15, -0.1) is 0 Å². The number of sulfonamides is 1. The molecule has 1 amide bonds. The highest BCUT2D eigenvalue weighted by molar-refractivity contribution is 7.89. The molecule has 0 unspecified atom stereocenters. The van der Waals surface area contributed by atoms with E-state index in [1.807, 2.05) is 20.8 Å². The Hall–Kier alpha value is -1.40.